The van der Waals surface area contributed by atoms with Crippen LogP contribution in [0.15, 0.2) is 48.7 Å². The van der Waals surface area contributed by atoms with Gasteiger partial charge >= 0.3 is 0 Å². The second kappa shape index (κ2) is 8.48. The van der Waals surface area contributed by atoms with Crippen molar-refractivity contribution >= 4 is 17.3 Å². The number of nitrogens with one attached hydrogen (secondary N) is 2. The lowest BCUT2D eigenvalue weighted by Crippen LogP contribution is -2.44. The minimum Gasteiger partial charge on any atom is -0.496 e. The molecule has 2 bridgehead atoms. The van der Waals surface area contributed by atoms with E-state index in [9.17, 15) is 14.4 Å². The molecule has 1 aromatic heterocycles. The van der Waals surface area contributed by atoms with Gasteiger partial charge in [0.25, 0.3) is 5.91 Å². The quantitative estimate of drug-likeness (QED) is 0.624. The van der Waals surface area contributed by atoms with Gasteiger partial charge in [-0.1, -0.05) is 12.1 Å². The molecule has 9 heteroatoms. The van der Waals surface area contributed by atoms with Crippen molar-refractivity contribution in [1.82, 2.24) is 15.3 Å². The molecule has 2 fully saturated rings. The first-order valence-corrected chi connectivity index (χ1v) is 10.6. The number of aromatic nitrogens is 2. The van der Waals surface area contributed by atoms with Crippen molar-refractivity contribution in [2.75, 3.05) is 30.4 Å². The highest BCUT2D eigenvalue weighted by molar-refractivity contribution is 6.05. The Balaban J connectivity index is 1.47. The van der Waals surface area contributed by atoms with Crippen LogP contribution in [-0.2, 0) is 0 Å². The largest absolute Gasteiger partial charge is 0.496 e. The summed E-state index contributed by atoms with van der Waals surface area (Å²) in [5, 5.41) is 16.0. The van der Waals surface area contributed by atoms with Crippen molar-refractivity contribution in [2.24, 2.45) is 0 Å². The molecule has 166 valence electrons. The Bertz CT molecular complexity index is 1270. The zero-order valence-corrected chi connectivity index (χ0v) is 17.9. The fourth-order valence-corrected chi connectivity index (χ4v) is 4.56. The number of piperazine rings is 1. The summed E-state index contributed by atoms with van der Waals surface area (Å²) in [7, 11) is 1.43. The smallest absolute Gasteiger partial charge is 0.274 e. The highest BCUT2D eigenvalue weighted by atomic mass is 19.1. The standard InChI is InChI=1S/C24H21FN6O2/c1-33-20-7-3-5-17(25)21(20)23-27-9-8-19(29-23)24(32)30-18-6-2-4-14(11-26)22(18)31-13-15-10-16(31)12-28-15/h2-9,15-16,28H,10,12-13H2,1H3,(H,30,32)/t15-,16-/m1/s1. The monoisotopic (exact) mass is 444 g/mol. The summed E-state index contributed by atoms with van der Waals surface area (Å²) in [6.45, 7) is 1.62. The second-order valence-corrected chi connectivity index (χ2v) is 8.00. The highest BCUT2D eigenvalue weighted by Gasteiger charge is 2.39. The van der Waals surface area contributed by atoms with Gasteiger partial charge in [-0.25, -0.2) is 14.4 Å². The number of anilines is 2. The molecule has 8 nitrogen and oxygen atoms in total. The van der Waals surface area contributed by atoms with E-state index in [-0.39, 0.29) is 28.9 Å². The van der Waals surface area contributed by atoms with Crippen molar-refractivity contribution in [3.63, 3.8) is 0 Å². The van der Waals surface area contributed by atoms with Gasteiger partial charge in [0.2, 0.25) is 0 Å². The molecule has 2 aliphatic rings. The number of hydrogen-bond donors (Lipinski definition) is 2. The number of para-hydroxylation sites is 1. The zero-order chi connectivity index (χ0) is 22.9. The summed E-state index contributed by atoms with van der Waals surface area (Å²) in [4.78, 5) is 23.7. The van der Waals surface area contributed by atoms with Crippen molar-refractivity contribution in [1.29, 1.82) is 5.26 Å². The van der Waals surface area contributed by atoms with Gasteiger partial charge in [0, 0.05) is 31.4 Å². The lowest BCUT2D eigenvalue weighted by Gasteiger charge is -2.32. The SMILES string of the molecule is COc1cccc(F)c1-c1nccc(C(=O)Nc2cccc(C#N)c2N2C[C@H]3C[C@@H]2CN3)n1. The molecular weight excluding hydrogens is 423 g/mol. The van der Waals surface area contributed by atoms with Gasteiger partial charge in [-0.3, -0.25) is 4.79 Å². The van der Waals surface area contributed by atoms with Gasteiger partial charge in [-0.2, -0.15) is 5.26 Å². The summed E-state index contributed by atoms with van der Waals surface area (Å²) in [6, 6.07) is 14.0. The molecule has 0 radical (unpaired) electrons. The maximum Gasteiger partial charge on any atom is 0.274 e. The molecule has 1 amide bonds. The number of methoxy groups -OCH3 is 1. The normalized spacial score (nSPS) is 18.8. The highest BCUT2D eigenvalue weighted by Crippen LogP contribution is 2.37. The van der Waals surface area contributed by atoms with E-state index in [0.29, 0.717) is 23.0 Å². The topological polar surface area (TPSA) is 103 Å². The molecule has 5 rings (SSSR count). The lowest BCUT2D eigenvalue weighted by molar-refractivity contribution is 0.102. The Morgan fingerprint density at radius 2 is 2.15 bits per heavy atom. The maximum absolute atomic E-state index is 14.5. The van der Waals surface area contributed by atoms with E-state index >= 15 is 0 Å². The third-order valence-corrected chi connectivity index (χ3v) is 6.06. The molecule has 2 aliphatic heterocycles. The fraction of sp³-hybridized carbons (Fsp3) is 0.250. The summed E-state index contributed by atoms with van der Waals surface area (Å²) in [5.41, 5.74) is 1.91. The first-order valence-electron chi connectivity index (χ1n) is 10.6. The summed E-state index contributed by atoms with van der Waals surface area (Å²) < 4.78 is 19.7. The average Bonchev–Trinajstić information content (AvgIpc) is 3.47. The van der Waals surface area contributed by atoms with Crippen LogP contribution in [0.25, 0.3) is 11.4 Å². The number of benzene rings is 2. The van der Waals surface area contributed by atoms with E-state index in [0.717, 1.165) is 19.5 Å². The zero-order valence-electron chi connectivity index (χ0n) is 17.9. The minimum absolute atomic E-state index is 0.0477. The number of fused-ring (bicyclic) bond motifs is 2. The van der Waals surface area contributed by atoms with E-state index in [2.05, 4.69) is 31.6 Å². The number of amides is 1. The van der Waals surface area contributed by atoms with Crippen LogP contribution in [0.2, 0.25) is 0 Å². The van der Waals surface area contributed by atoms with Crippen LogP contribution < -0.4 is 20.3 Å². The van der Waals surface area contributed by atoms with Crippen molar-refractivity contribution in [3.8, 4) is 23.2 Å². The average molecular weight is 444 g/mol. The van der Waals surface area contributed by atoms with Crippen LogP contribution in [-0.4, -0.2) is 48.2 Å². The van der Waals surface area contributed by atoms with Crippen LogP contribution >= 0.6 is 0 Å². The number of nitrogens with zero attached hydrogens (tertiary/aromatic N) is 4. The molecule has 0 spiro atoms. The summed E-state index contributed by atoms with van der Waals surface area (Å²) in [6.07, 6.45) is 2.41. The first-order chi connectivity index (χ1) is 16.1. The van der Waals surface area contributed by atoms with Crippen molar-refractivity contribution < 1.29 is 13.9 Å². The number of carbonyl (C=O) groups is 1. The predicted octanol–water partition coefficient (Wildman–Crippen LogP) is 2.97. The molecular formula is C24H21FN6O2. The van der Waals surface area contributed by atoms with E-state index in [4.69, 9.17) is 4.74 Å². The molecule has 2 atom stereocenters. The van der Waals surface area contributed by atoms with Gasteiger partial charge < -0.3 is 20.3 Å². The van der Waals surface area contributed by atoms with Gasteiger partial charge in [0.15, 0.2) is 5.82 Å². The van der Waals surface area contributed by atoms with Crippen LogP contribution in [0.1, 0.15) is 22.5 Å². The van der Waals surface area contributed by atoms with Gasteiger partial charge in [-0.05, 0) is 36.8 Å². The minimum atomic E-state index is -0.548. The number of carbonyl (C=O) groups excluding carboxylic acids is 1. The molecule has 2 aromatic carbocycles. The summed E-state index contributed by atoms with van der Waals surface area (Å²) >= 11 is 0. The fourth-order valence-electron chi connectivity index (χ4n) is 4.56. The second-order valence-electron chi connectivity index (χ2n) is 8.00. The Morgan fingerprint density at radius 1 is 1.30 bits per heavy atom. The van der Waals surface area contributed by atoms with Gasteiger partial charge in [0.1, 0.15) is 23.3 Å². The Kier molecular flexibility index (Phi) is 5.36. The number of halogens is 1. The molecule has 2 N–H and O–H groups in total. The van der Waals surface area contributed by atoms with Crippen LogP contribution in [0.4, 0.5) is 15.8 Å². The molecule has 0 saturated carbocycles. The lowest BCUT2D eigenvalue weighted by atomic mass is 10.1. The number of nitriles is 1. The Labute approximate surface area is 190 Å². The van der Waals surface area contributed by atoms with Gasteiger partial charge in [-0.15, -0.1) is 0 Å². The number of rotatable bonds is 5. The third-order valence-electron chi connectivity index (χ3n) is 6.06. The number of hydrogen-bond acceptors (Lipinski definition) is 7. The maximum atomic E-state index is 14.5. The van der Waals surface area contributed by atoms with Crippen LogP contribution in [0, 0.1) is 17.1 Å². The first kappa shape index (κ1) is 20.8. The Hall–Kier alpha value is -4.03. The molecule has 0 unspecified atom stereocenters. The Morgan fingerprint density at radius 3 is 2.88 bits per heavy atom. The molecule has 3 heterocycles. The van der Waals surface area contributed by atoms with E-state index < -0.39 is 11.7 Å². The van der Waals surface area contributed by atoms with Crippen molar-refractivity contribution in [2.45, 2.75) is 18.5 Å². The van der Waals surface area contributed by atoms with Crippen LogP contribution in [0.3, 0.4) is 0 Å². The molecule has 2 saturated heterocycles. The molecule has 33 heavy (non-hydrogen) atoms. The van der Waals surface area contributed by atoms with Crippen LogP contribution in [0.5, 0.6) is 5.75 Å². The third kappa shape index (κ3) is 3.75. The van der Waals surface area contributed by atoms with E-state index in [1.807, 2.05) is 0 Å². The van der Waals surface area contributed by atoms with Crippen molar-refractivity contribution in [3.05, 3.63) is 65.7 Å². The van der Waals surface area contributed by atoms with E-state index in [1.54, 1.807) is 24.3 Å². The van der Waals surface area contributed by atoms with E-state index in [1.165, 1.54) is 31.5 Å². The molecule has 0 aliphatic carbocycles. The molecule has 3 aromatic rings. The summed E-state index contributed by atoms with van der Waals surface area (Å²) in [5.74, 6) is -0.706. The number of ether oxygens (including phenoxy) is 1. The van der Waals surface area contributed by atoms with Gasteiger partial charge in [0.05, 0.1) is 29.6 Å². The predicted molar refractivity (Wildman–Crippen MR) is 121 cm³/mol.